The molecule has 1 heterocycles. The van der Waals surface area contributed by atoms with Crippen LogP contribution in [-0.4, -0.2) is 49.9 Å². The Balaban J connectivity index is 1.46. The number of aliphatic hydroxyl groups is 1. The van der Waals surface area contributed by atoms with Crippen LogP contribution in [-0.2, 0) is 16.6 Å². The third kappa shape index (κ3) is 6.14. The summed E-state index contributed by atoms with van der Waals surface area (Å²) in [5, 5.41) is 11.8. The molecule has 1 N–H and O–H groups in total. The molecule has 1 fully saturated rings. The second-order valence-electron chi connectivity index (χ2n) is 11.2. The Labute approximate surface area is 249 Å². The summed E-state index contributed by atoms with van der Waals surface area (Å²) in [4.78, 5) is 14.8. The predicted octanol–water partition coefficient (Wildman–Crippen LogP) is 7.28. The summed E-state index contributed by atoms with van der Waals surface area (Å²) in [5.41, 5.74) is 3.83. The van der Waals surface area contributed by atoms with Crippen molar-refractivity contribution in [1.82, 2.24) is 0 Å². The van der Waals surface area contributed by atoms with Crippen molar-refractivity contribution in [1.29, 1.82) is 0 Å². The van der Waals surface area contributed by atoms with Crippen LogP contribution < -0.4 is 9.64 Å². The van der Waals surface area contributed by atoms with Crippen LogP contribution in [0, 0.1) is 11.8 Å². The van der Waals surface area contributed by atoms with Crippen molar-refractivity contribution in [2.24, 2.45) is 11.8 Å². The van der Waals surface area contributed by atoms with Crippen molar-refractivity contribution in [2.75, 3.05) is 37.6 Å². The third-order valence-corrected chi connectivity index (χ3v) is 9.89. The molecule has 0 aromatic heterocycles. The molecule has 1 aliphatic heterocycles. The molecular weight excluding hydrogens is 601 g/mol. The molecule has 1 spiro atoms. The normalized spacial score (nSPS) is 25.2. The van der Waals surface area contributed by atoms with Gasteiger partial charge in [0.25, 0.3) is 0 Å². The first-order chi connectivity index (χ1) is 18.8. The maximum absolute atomic E-state index is 12.4. The molecule has 8 heteroatoms. The first-order valence-electron chi connectivity index (χ1n) is 13.8. The summed E-state index contributed by atoms with van der Waals surface area (Å²) in [6, 6.07) is 11.8. The Hall–Kier alpha value is -1.73. The zero-order valence-corrected chi connectivity index (χ0v) is 25.4. The Morgan fingerprint density at radius 2 is 2.15 bits per heavy atom. The molecular formula is C31H36BrCl2NO4. The molecule has 2 aromatic rings. The lowest BCUT2D eigenvalue weighted by atomic mass is 9.68. The Kier molecular flexibility index (Phi) is 9.17. The predicted molar refractivity (Wildman–Crippen MR) is 161 cm³/mol. The largest absolute Gasteiger partial charge is 0.490 e. The first-order valence-corrected chi connectivity index (χ1v) is 15.5. The number of aryl methyl sites for hydroxylation is 1. The monoisotopic (exact) mass is 635 g/mol. The van der Waals surface area contributed by atoms with E-state index in [1.807, 2.05) is 24.3 Å². The van der Waals surface area contributed by atoms with Gasteiger partial charge in [0.2, 0.25) is 0 Å². The number of hydrogen-bond donors (Lipinski definition) is 1. The average molecular weight is 637 g/mol. The van der Waals surface area contributed by atoms with Gasteiger partial charge in [-0.25, -0.2) is 4.79 Å². The summed E-state index contributed by atoms with van der Waals surface area (Å²) >= 11 is 15.8. The number of carbonyl (C=O) groups excluding carboxylic acids is 1. The summed E-state index contributed by atoms with van der Waals surface area (Å²) in [6.07, 6.45) is 8.28. The van der Waals surface area contributed by atoms with Crippen molar-refractivity contribution >= 4 is 50.8 Å². The molecule has 0 amide bonds. The molecule has 5 nitrogen and oxygen atoms in total. The van der Waals surface area contributed by atoms with Gasteiger partial charge >= 0.3 is 5.97 Å². The van der Waals surface area contributed by atoms with Crippen molar-refractivity contribution in [3.8, 4) is 5.75 Å². The molecule has 39 heavy (non-hydrogen) atoms. The van der Waals surface area contributed by atoms with Gasteiger partial charge in [-0.2, -0.15) is 0 Å². The van der Waals surface area contributed by atoms with Crippen molar-refractivity contribution in [2.45, 2.75) is 56.5 Å². The number of ether oxygens (including phenoxy) is 2. The number of methoxy groups -OCH3 is 1. The number of alkyl halides is 1. The van der Waals surface area contributed by atoms with Crippen molar-refractivity contribution < 1.29 is 19.4 Å². The molecule has 4 atom stereocenters. The highest BCUT2D eigenvalue weighted by atomic mass is 79.9. The lowest BCUT2D eigenvalue weighted by Gasteiger charge is -2.45. The van der Waals surface area contributed by atoms with E-state index in [1.54, 1.807) is 6.07 Å². The smallest absolute Gasteiger partial charge is 0.337 e. The van der Waals surface area contributed by atoms with Crippen LogP contribution in [0.3, 0.4) is 0 Å². The number of allylic oxidation sites excluding steroid dienone is 1. The maximum Gasteiger partial charge on any atom is 0.337 e. The van der Waals surface area contributed by atoms with E-state index < -0.39 is 6.10 Å². The number of fused-ring (bicyclic) bond motifs is 3. The summed E-state index contributed by atoms with van der Waals surface area (Å²) < 4.78 is 12.6. The van der Waals surface area contributed by atoms with E-state index in [9.17, 15) is 9.90 Å². The number of hydrogen-bond acceptors (Lipinski definition) is 5. The molecule has 2 aliphatic carbocycles. The second-order valence-corrected chi connectivity index (χ2v) is 13.0. The molecule has 0 unspecified atom stereocenters. The van der Waals surface area contributed by atoms with Gasteiger partial charge < -0.3 is 19.5 Å². The van der Waals surface area contributed by atoms with Crippen LogP contribution in [0.1, 0.15) is 60.0 Å². The number of benzene rings is 2. The highest BCUT2D eigenvalue weighted by molar-refractivity contribution is 9.11. The highest BCUT2D eigenvalue weighted by Gasteiger charge is 2.44. The maximum atomic E-state index is 12.4. The number of nitrogens with zero attached hydrogens (tertiary/aromatic N) is 1. The fraction of sp³-hybridized carbons (Fsp3) is 0.516. The Morgan fingerprint density at radius 1 is 1.31 bits per heavy atom. The molecule has 3 aliphatic rings. The summed E-state index contributed by atoms with van der Waals surface area (Å²) in [7, 11) is 1.40. The fourth-order valence-electron chi connectivity index (χ4n) is 6.54. The number of rotatable bonds is 8. The summed E-state index contributed by atoms with van der Waals surface area (Å²) in [5.74, 6) is 1.52. The van der Waals surface area contributed by atoms with E-state index >= 15 is 0 Å². The number of esters is 1. The lowest BCUT2D eigenvalue weighted by Crippen LogP contribution is -2.49. The van der Waals surface area contributed by atoms with Gasteiger partial charge in [-0.1, -0.05) is 33.6 Å². The topological polar surface area (TPSA) is 59.0 Å². The number of anilines is 1. The van der Waals surface area contributed by atoms with E-state index in [0.29, 0.717) is 24.0 Å². The van der Waals surface area contributed by atoms with E-state index in [1.165, 1.54) is 18.2 Å². The zero-order chi connectivity index (χ0) is 27.6. The van der Waals surface area contributed by atoms with Crippen LogP contribution in [0.2, 0.25) is 5.02 Å². The third-order valence-electron chi connectivity index (χ3n) is 8.73. The minimum Gasteiger partial charge on any atom is -0.490 e. The SMILES string of the molecule is COC(=O)c1ccc2c(c1)N(C[C@@H]1CC[C@H]1[C@H](O)/C=C(\Br)CCCCl)C[C@@]1(CCCc3cc(Cl)ccc31)CO2. The number of carbonyl (C=O) groups is 1. The second kappa shape index (κ2) is 12.4. The van der Waals surface area contributed by atoms with Crippen LogP contribution in [0.4, 0.5) is 5.69 Å². The zero-order valence-electron chi connectivity index (χ0n) is 22.3. The van der Waals surface area contributed by atoms with Crippen LogP contribution in [0.25, 0.3) is 0 Å². The van der Waals surface area contributed by atoms with Crippen LogP contribution >= 0.6 is 39.1 Å². The van der Waals surface area contributed by atoms with Gasteiger partial charge in [0.05, 0.1) is 31.1 Å². The van der Waals surface area contributed by atoms with E-state index in [2.05, 4.69) is 33.0 Å². The molecule has 0 bridgehead atoms. The van der Waals surface area contributed by atoms with Crippen molar-refractivity contribution in [3.05, 3.63) is 68.7 Å². The van der Waals surface area contributed by atoms with Gasteiger partial charge in [-0.15, -0.1) is 11.6 Å². The minimum absolute atomic E-state index is 0.179. The van der Waals surface area contributed by atoms with Crippen LogP contribution in [0.5, 0.6) is 5.75 Å². The van der Waals surface area contributed by atoms with Gasteiger partial charge in [0, 0.05) is 29.4 Å². The highest BCUT2D eigenvalue weighted by Crippen LogP contribution is 2.46. The van der Waals surface area contributed by atoms with Crippen molar-refractivity contribution in [3.63, 3.8) is 0 Å². The number of aliphatic hydroxyl groups excluding tert-OH is 1. The number of halogens is 3. The van der Waals surface area contributed by atoms with Crippen LogP contribution in [0.15, 0.2) is 47.0 Å². The quantitative estimate of drug-likeness (QED) is 0.244. The van der Waals surface area contributed by atoms with E-state index in [-0.39, 0.29) is 17.3 Å². The van der Waals surface area contributed by atoms with E-state index in [4.69, 9.17) is 32.7 Å². The molecule has 2 aromatic carbocycles. The molecule has 0 radical (unpaired) electrons. The average Bonchev–Trinajstić information content (AvgIpc) is 3.06. The Bertz CT molecular complexity index is 1240. The van der Waals surface area contributed by atoms with Gasteiger partial charge in [0.1, 0.15) is 5.75 Å². The molecule has 0 saturated heterocycles. The lowest BCUT2D eigenvalue weighted by molar-refractivity contribution is 0.0455. The van der Waals surface area contributed by atoms with Gasteiger partial charge in [-0.05, 0) is 109 Å². The Morgan fingerprint density at radius 3 is 2.90 bits per heavy atom. The molecule has 1 saturated carbocycles. The van der Waals surface area contributed by atoms with E-state index in [0.717, 1.165) is 79.0 Å². The summed E-state index contributed by atoms with van der Waals surface area (Å²) in [6.45, 7) is 2.12. The fourth-order valence-corrected chi connectivity index (χ4v) is 7.42. The molecule has 5 rings (SSSR count). The standard InChI is InChI=1S/C31H36BrCl2NO4/c1-38-30(37)21-7-11-29-27(15-21)35(17-22-6-9-25(22)28(36)16-23(32)5-3-13-33)18-31(19-39-29)12-2-4-20-14-24(34)8-10-26(20)31/h7-8,10-11,14-16,22,25,28,36H,2-6,9,12-13,17-19H2,1H3/b23-16-/t22-,25+,28+,31-/m0/s1. The van der Waals surface area contributed by atoms with Gasteiger partial charge in [-0.3, -0.25) is 0 Å². The first kappa shape index (κ1) is 28.8. The minimum atomic E-state index is -0.510. The molecule has 210 valence electrons. The van der Waals surface area contributed by atoms with Gasteiger partial charge in [0.15, 0.2) is 0 Å².